The molecule has 0 aliphatic carbocycles. The molecule has 1 saturated heterocycles. The molecule has 0 radical (unpaired) electrons. The van der Waals surface area contributed by atoms with Gasteiger partial charge < -0.3 is 10.2 Å². The van der Waals surface area contributed by atoms with E-state index in [0.717, 1.165) is 32.2 Å². The van der Waals surface area contributed by atoms with Crippen LogP contribution >= 0.6 is 0 Å². The van der Waals surface area contributed by atoms with Crippen molar-refractivity contribution in [3.8, 4) is 0 Å². The molecule has 0 bridgehead atoms. The second kappa shape index (κ2) is 12.8. The number of hydrogen-bond acceptors (Lipinski definition) is 3. The highest BCUT2D eigenvalue weighted by Crippen LogP contribution is 2.19. The third kappa shape index (κ3) is 9.31. The Kier molecular flexibility index (Phi) is 11.3. The first kappa shape index (κ1) is 20.4. The summed E-state index contributed by atoms with van der Waals surface area (Å²) in [5, 5.41) is 19.2. The van der Waals surface area contributed by atoms with Gasteiger partial charge in [0.15, 0.2) is 0 Å². The molecule has 0 aromatic heterocycles. The topological polar surface area (TPSA) is 60.8 Å². The largest absolute Gasteiger partial charge is 0.480 e. The first-order valence-corrected chi connectivity index (χ1v) is 9.80. The van der Waals surface area contributed by atoms with Crippen LogP contribution in [0.4, 0.5) is 0 Å². The summed E-state index contributed by atoms with van der Waals surface area (Å²) in [6.07, 6.45) is 15.1. The fraction of sp³-hybridized carbons (Fsp3) is 0.947. The van der Waals surface area contributed by atoms with Crippen LogP contribution in [0.1, 0.15) is 90.4 Å². The predicted molar refractivity (Wildman–Crippen MR) is 94.7 cm³/mol. The van der Waals surface area contributed by atoms with E-state index >= 15 is 0 Å². The van der Waals surface area contributed by atoms with E-state index in [1.165, 1.54) is 57.8 Å². The number of nitrogens with zero attached hydrogens (tertiary/aromatic N) is 1. The summed E-state index contributed by atoms with van der Waals surface area (Å²) in [6.45, 7) is 3.58. The average Bonchev–Trinajstić information content (AvgIpc) is 2.97. The van der Waals surface area contributed by atoms with Crippen LogP contribution in [0.5, 0.6) is 0 Å². The maximum Gasteiger partial charge on any atom is 0.320 e. The molecule has 1 aliphatic rings. The lowest BCUT2D eigenvalue weighted by Gasteiger charge is -2.23. The van der Waals surface area contributed by atoms with Crippen LogP contribution in [0.3, 0.4) is 0 Å². The lowest BCUT2D eigenvalue weighted by atomic mass is 10.0. The summed E-state index contributed by atoms with van der Waals surface area (Å²) in [6, 6.07) is -0.377. The van der Waals surface area contributed by atoms with Gasteiger partial charge in [-0.2, -0.15) is 0 Å². The van der Waals surface area contributed by atoms with Gasteiger partial charge in [0, 0.05) is 6.54 Å². The number of aliphatic hydroxyl groups excluding tert-OH is 1. The first-order chi connectivity index (χ1) is 11.1. The molecule has 0 unspecified atom stereocenters. The van der Waals surface area contributed by atoms with E-state index in [9.17, 15) is 9.90 Å². The SMILES string of the molecule is CCCCCCCCCCCC[C@@H](O)CN1CCC[C@H]1C(=O)O. The lowest BCUT2D eigenvalue weighted by Crippen LogP contribution is -2.40. The van der Waals surface area contributed by atoms with Gasteiger partial charge in [-0.05, 0) is 25.8 Å². The Morgan fingerprint density at radius 1 is 1.04 bits per heavy atom. The van der Waals surface area contributed by atoms with Crippen molar-refractivity contribution in [1.82, 2.24) is 4.90 Å². The third-order valence-corrected chi connectivity index (χ3v) is 4.98. The minimum atomic E-state index is -0.742. The van der Waals surface area contributed by atoms with Crippen molar-refractivity contribution in [2.75, 3.05) is 13.1 Å². The van der Waals surface area contributed by atoms with E-state index in [1.807, 2.05) is 4.90 Å². The number of carbonyl (C=O) groups is 1. The van der Waals surface area contributed by atoms with Gasteiger partial charge in [0.25, 0.3) is 0 Å². The molecule has 2 atom stereocenters. The van der Waals surface area contributed by atoms with Crippen molar-refractivity contribution < 1.29 is 15.0 Å². The molecule has 4 nitrogen and oxygen atoms in total. The van der Waals surface area contributed by atoms with Crippen LogP contribution in [-0.2, 0) is 4.79 Å². The Balaban J connectivity index is 1.94. The predicted octanol–water partition coefficient (Wildman–Crippen LogP) is 4.21. The van der Waals surface area contributed by atoms with Gasteiger partial charge in [0.05, 0.1) is 6.10 Å². The molecule has 1 heterocycles. The minimum absolute atomic E-state index is 0.371. The highest BCUT2D eigenvalue weighted by Gasteiger charge is 2.31. The van der Waals surface area contributed by atoms with E-state index in [2.05, 4.69) is 6.92 Å². The van der Waals surface area contributed by atoms with Gasteiger partial charge in [-0.15, -0.1) is 0 Å². The number of likely N-dealkylation sites (tertiary alicyclic amines) is 1. The molecule has 0 amide bonds. The lowest BCUT2D eigenvalue weighted by molar-refractivity contribution is -0.142. The van der Waals surface area contributed by atoms with Gasteiger partial charge in [-0.1, -0.05) is 71.1 Å². The van der Waals surface area contributed by atoms with Crippen molar-refractivity contribution in [2.24, 2.45) is 0 Å². The zero-order valence-electron chi connectivity index (χ0n) is 15.0. The number of hydrogen-bond donors (Lipinski definition) is 2. The fourth-order valence-corrected chi connectivity index (χ4v) is 3.55. The van der Waals surface area contributed by atoms with Gasteiger partial charge in [0.1, 0.15) is 6.04 Å². The monoisotopic (exact) mass is 327 g/mol. The summed E-state index contributed by atoms with van der Waals surface area (Å²) >= 11 is 0. The molecule has 0 saturated carbocycles. The minimum Gasteiger partial charge on any atom is -0.480 e. The summed E-state index contributed by atoms with van der Waals surface area (Å²) in [7, 11) is 0. The second-order valence-electron chi connectivity index (χ2n) is 7.12. The molecule has 0 aromatic rings. The average molecular weight is 328 g/mol. The number of unbranched alkanes of at least 4 members (excludes halogenated alkanes) is 9. The summed E-state index contributed by atoms with van der Waals surface area (Å²) in [5.41, 5.74) is 0. The van der Waals surface area contributed by atoms with E-state index in [0.29, 0.717) is 6.54 Å². The standard InChI is InChI=1S/C19H37NO3/c1-2-3-4-5-6-7-8-9-10-11-13-17(21)16-20-15-12-14-18(20)19(22)23/h17-18,21H,2-16H2,1H3,(H,22,23)/t17-,18+/m1/s1. The maximum atomic E-state index is 11.1. The van der Waals surface area contributed by atoms with Crippen LogP contribution in [0, 0.1) is 0 Å². The Morgan fingerprint density at radius 3 is 2.17 bits per heavy atom. The van der Waals surface area contributed by atoms with Gasteiger partial charge >= 0.3 is 5.97 Å². The van der Waals surface area contributed by atoms with Crippen LogP contribution < -0.4 is 0 Å². The Hall–Kier alpha value is -0.610. The molecule has 23 heavy (non-hydrogen) atoms. The van der Waals surface area contributed by atoms with Crippen molar-refractivity contribution in [1.29, 1.82) is 0 Å². The first-order valence-electron chi connectivity index (χ1n) is 9.80. The Bertz CT molecular complexity index is 309. The zero-order valence-corrected chi connectivity index (χ0v) is 15.0. The molecular weight excluding hydrogens is 290 g/mol. The van der Waals surface area contributed by atoms with E-state index in [1.54, 1.807) is 0 Å². The molecule has 136 valence electrons. The highest BCUT2D eigenvalue weighted by atomic mass is 16.4. The number of aliphatic carboxylic acids is 1. The van der Waals surface area contributed by atoms with Crippen molar-refractivity contribution in [3.63, 3.8) is 0 Å². The fourth-order valence-electron chi connectivity index (χ4n) is 3.55. The molecule has 0 spiro atoms. The molecule has 1 aliphatic heterocycles. The normalized spacial score (nSPS) is 20.0. The summed E-state index contributed by atoms with van der Waals surface area (Å²) in [5.74, 6) is -0.742. The smallest absolute Gasteiger partial charge is 0.320 e. The van der Waals surface area contributed by atoms with Gasteiger partial charge in [0.2, 0.25) is 0 Å². The molecule has 1 fully saturated rings. The van der Waals surface area contributed by atoms with Crippen LogP contribution in [0.15, 0.2) is 0 Å². The van der Waals surface area contributed by atoms with E-state index in [4.69, 9.17) is 5.11 Å². The highest BCUT2D eigenvalue weighted by molar-refractivity contribution is 5.73. The van der Waals surface area contributed by atoms with Crippen LogP contribution in [0.25, 0.3) is 0 Å². The maximum absolute atomic E-state index is 11.1. The molecular formula is C19H37NO3. The van der Waals surface area contributed by atoms with Crippen molar-refractivity contribution in [3.05, 3.63) is 0 Å². The van der Waals surface area contributed by atoms with Gasteiger partial charge in [-0.25, -0.2) is 0 Å². The molecule has 1 rings (SSSR count). The Morgan fingerprint density at radius 2 is 1.61 bits per heavy atom. The number of carboxylic acids is 1. The Labute approximate surface area is 142 Å². The third-order valence-electron chi connectivity index (χ3n) is 4.98. The van der Waals surface area contributed by atoms with Crippen LogP contribution in [0.2, 0.25) is 0 Å². The number of rotatable bonds is 14. The second-order valence-corrected chi connectivity index (χ2v) is 7.12. The number of aliphatic hydroxyl groups is 1. The summed E-state index contributed by atoms with van der Waals surface area (Å²) < 4.78 is 0. The van der Waals surface area contributed by atoms with Crippen LogP contribution in [-0.4, -0.2) is 46.3 Å². The van der Waals surface area contributed by atoms with Crippen molar-refractivity contribution in [2.45, 2.75) is 103 Å². The summed E-state index contributed by atoms with van der Waals surface area (Å²) in [4.78, 5) is 13.0. The zero-order chi connectivity index (χ0) is 16.9. The number of carboxylic acid groups (broad SMARTS) is 1. The van der Waals surface area contributed by atoms with Gasteiger partial charge in [-0.3, -0.25) is 9.69 Å². The van der Waals surface area contributed by atoms with E-state index < -0.39 is 5.97 Å². The quantitative estimate of drug-likeness (QED) is 0.469. The molecule has 4 heteroatoms. The molecule has 0 aromatic carbocycles. The number of β-amino-alcohol motifs (C(OH)–C–C–N with tert-alkyl or cyclic N) is 1. The molecule has 2 N–H and O–H groups in total. The van der Waals surface area contributed by atoms with E-state index in [-0.39, 0.29) is 12.1 Å². The van der Waals surface area contributed by atoms with Crippen molar-refractivity contribution >= 4 is 5.97 Å².